The summed E-state index contributed by atoms with van der Waals surface area (Å²) in [4.78, 5) is 26.5. The number of phenols is 1. The monoisotopic (exact) mass is 352 g/mol. The molecule has 0 saturated carbocycles. The number of phenolic OH excluding ortho intramolecular Hbond substituents is 1. The maximum atomic E-state index is 12.4. The summed E-state index contributed by atoms with van der Waals surface area (Å²) in [5, 5.41) is 12.7. The van der Waals surface area contributed by atoms with Crippen LogP contribution >= 0.6 is 0 Å². The summed E-state index contributed by atoms with van der Waals surface area (Å²) in [6, 6.07) is 16.6. The molecule has 26 heavy (non-hydrogen) atoms. The predicted molar refractivity (Wildman–Crippen MR) is 99.9 cm³/mol. The van der Waals surface area contributed by atoms with E-state index in [9.17, 15) is 14.7 Å². The minimum Gasteiger partial charge on any atom is -0.507 e. The van der Waals surface area contributed by atoms with E-state index >= 15 is 0 Å². The Balaban J connectivity index is 1.44. The van der Waals surface area contributed by atoms with Crippen LogP contribution < -0.4 is 5.32 Å². The van der Waals surface area contributed by atoms with Gasteiger partial charge in [-0.1, -0.05) is 42.5 Å². The lowest BCUT2D eigenvalue weighted by atomic mass is 10.0. The molecular formula is C21H24N2O3. The quantitative estimate of drug-likeness (QED) is 0.869. The van der Waals surface area contributed by atoms with Crippen molar-refractivity contribution in [3.63, 3.8) is 0 Å². The number of benzene rings is 2. The molecule has 0 spiro atoms. The van der Waals surface area contributed by atoms with Crippen molar-refractivity contribution in [2.24, 2.45) is 0 Å². The van der Waals surface area contributed by atoms with Crippen molar-refractivity contribution in [2.45, 2.75) is 31.7 Å². The number of para-hydroxylation sites is 1. The maximum Gasteiger partial charge on any atom is 0.255 e. The fraction of sp³-hybridized carbons (Fsp3) is 0.333. The minimum absolute atomic E-state index is 0.0153. The smallest absolute Gasteiger partial charge is 0.255 e. The highest BCUT2D eigenvalue weighted by Gasteiger charge is 2.24. The molecule has 1 fully saturated rings. The minimum atomic E-state index is -0.267. The number of likely N-dealkylation sites (tertiary alicyclic amines) is 1. The van der Waals surface area contributed by atoms with E-state index in [0.29, 0.717) is 19.5 Å². The van der Waals surface area contributed by atoms with Gasteiger partial charge in [0.15, 0.2) is 0 Å². The predicted octanol–water partition coefficient (Wildman–Crippen LogP) is 2.75. The van der Waals surface area contributed by atoms with Crippen LogP contribution in [0.2, 0.25) is 0 Å². The molecule has 1 heterocycles. The molecule has 136 valence electrons. The number of carbonyl (C=O) groups is 2. The normalized spacial score (nSPS) is 14.8. The van der Waals surface area contributed by atoms with Crippen LogP contribution in [0.25, 0.3) is 0 Å². The first-order valence-corrected chi connectivity index (χ1v) is 9.04. The van der Waals surface area contributed by atoms with E-state index in [0.717, 1.165) is 19.3 Å². The molecule has 2 aromatic carbocycles. The fourth-order valence-electron chi connectivity index (χ4n) is 3.26. The van der Waals surface area contributed by atoms with Gasteiger partial charge in [0.2, 0.25) is 5.91 Å². The van der Waals surface area contributed by atoms with Gasteiger partial charge in [0, 0.05) is 25.6 Å². The molecule has 1 aliphatic rings. The first-order chi connectivity index (χ1) is 12.6. The summed E-state index contributed by atoms with van der Waals surface area (Å²) in [5.74, 6) is -0.116. The van der Waals surface area contributed by atoms with Crippen LogP contribution in [-0.2, 0) is 11.2 Å². The van der Waals surface area contributed by atoms with Gasteiger partial charge in [0.25, 0.3) is 5.91 Å². The average Bonchev–Trinajstić information content (AvgIpc) is 2.68. The number of nitrogens with zero attached hydrogens (tertiary/aromatic N) is 1. The SMILES string of the molecule is O=C(NC1CCN(C(=O)CCc2ccccc2)CC1)c1ccccc1O. The summed E-state index contributed by atoms with van der Waals surface area (Å²) in [5.41, 5.74) is 1.46. The average molecular weight is 352 g/mol. The van der Waals surface area contributed by atoms with Crippen molar-refractivity contribution in [1.82, 2.24) is 10.2 Å². The summed E-state index contributed by atoms with van der Waals surface area (Å²) >= 11 is 0. The van der Waals surface area contributed by atoms with Crippen LogP contribution in [0.1, 0.15) is 35.2 Å². The molecule has 0 aromatic heterocycles. The summed E-state index contributed by atoms with van der Waals surface area (Å²) in [6.07, 6.45) is 2.73. The zero-order chi connectivity index (χ0) is 18.4. The van der Waals surface area contributed by atoms with Gasteiger partial charge in [-0.05, 0) is 37.0 Å². The topological polar surface area (TPSA) is 69.6 Å². The molecule has 5 nitrogen and oxygen atoms in total. The Hall–Kier alpha value is -2.82. The van der Waals surface area contributed by atoms with E-state index in [4.69, 9.17) is 0 Å². The van der Waals surface area contributed by atoms with Gasteiger partial charge in [-0.25, -0.2) is 0 Å². The van der Waals surface area contributed by atoms with Crippen molar-refractivity contribution in [1.29, 1.82) is 0 Å². The summed E-state index contributed by atoms with van der Waals surface area (Å²) < 4.78 is 0. The Labute approximate surface area is 153 Å². The second kappa shape index (κ2) is 8.52. The lowest BCUT2D eigenvalue weighted by Gasteiger charge is -2.32. The standard InChI is InChI=1S/C21H24N2O3/c24-19-9-5-4-8-18(19)21(26)22-17-12-14-23(15-13-17)20(25)11-10-16-6-2-1-3-7-16/h1-9,17,24H,10-15H2,(H,22,26). The third kappa shape index (κ3) is 4.63. The van der Waals surface area contributed by atoms with E-state index in [-0.39, 0.29) is 29.2 Å². The lowest BCUT2D eigenvalue weighted by molar-refractivity contribution is -0.132. The van der Waals surface area contributed by atoms with Crippen LogP contribution in [0.3, 0.4) is 0 Å². The van der Waals surface area contributed by atoms with Crippen LogP contribution in [0.5, 0.6) is 5.75 Å². The Bertz CT molecular complexity index is 753. The number of piperidine rings is 1. The number of aryl methyl sites for hydroxylation is 1. The van der Waals surface area contributed by atoms with Crippen LogP contribution in [0, 0.1) is 0 Å². The molecule has 5 heteroatoms. The first-order valence-electron chi connectivity index (χ1n) is 9.04. The molecule has 1 saturated heterocycles. The van der Waals surface area contributed by atoms with E-state index in [1.54, 1.807) is 18.2 Å². The van der Waals surface area contributed by atoms with Gasteiger partial charge in [-0.15, -0.1) is 0 Å². The molecule has 2 aromatic rings. The fourth-order valence-corrected chi connectivity index (χ4v) is 3.26. The number of nitrogens with one attached hydrogen (secondary N) is 1. The van der Waals surface area contributed by atoms with E-state index < -0.39 is 0 Å². The molecule has 0 aliphatic carbocycles. The highest BCUT2D eigenvalue weighted by molar-refractivity contribution is 5.96. The lowest BCUT2D eigenvalue weighted by Crippen LogP contribution is -2.46. The summed E-state index contributed by atoms with van der Waals surface area (Å²) in [6.45, 7) is 1.30. The highest BCUT2D eigenvalue weighted by atomic mass is 16.3. The third-order valence-electron chi connectivity index (χ3n) is 4.80. The van der Waals surface area contributed by atoms with Crippen molar-refractivity contribution >= 4 is 11.8 Å². The van der Waals surface area contributed by atoms with Crippen LogP contribution in [0.4, 0.5) is 0 Å². The molecule has 0 radical (unpaired) electrons. The third-order valence-corrected chi connectivity index (χ3v) is 4.80. The highest BCUT2D eigenvalue weighted by Crippen LogP contribution is 2.17. The molecule has 0 atom stereocenters. The van der Waals surface area contributed by atoms with Gasteiger partial charge >= 0.3 is 0 Å². The Morgan fingerprint density at radius 2 is 1.65 bits per heavy atom. The molecular weight excluding hydrogens is 328 g/mol. The van der Waals surface area contributed by atoms with Crippen molar-refractivity contribution in [3.05, 3.63) is 65.7 Å². The molecule has 2 N–H and O–H groups in total. The van der Waals surface area contributed by atoms with E-state index in [2.05, 4.69) is 5.32 Å². The molecule has 2 amide bonds. The van der Waals surface area contributed by atoms with Crippen LogP contribution in [-0.4, -0.2) is 41.0 Å². The first kappa shape index (κ1) is 18.0. The Morgan fingerprint density at radius 3 is 2.35 bits per heavy atom. The number of hydrogen-bond acceptors (Lipinski definition) is 3. The van der Waals surface area contributed by atoms with E-state index in [1.165, 1.54) is 11.6 Å². The molecule has 3 rings (SSSR count). The number of amides is 2. The second-order valence-corrected chi connectivity index (χ2v) is 6.63. The van der Waals surface area contributed by atoms with Crippen molar-refractivity contribution < 1.29 is 14.7 Å². The van der Waals surface area contributed by atoms with Crippen molar-refractivity contribution in [3.8, 4) is 5.75 Å². The number of carbonyl (C=O) groups excluding carboxylic acids is 2. The second-order valence-electron chi connectivity index (χ2n) is 6.63. The van der Waals surface area contributed by atoms with E-state index in [1.807, 2.05) is 35.2 Å². The van der Waals surface area contributed by atoms with Crippen molar-refractivity contribution in [2.75, 3.05) is 13.1 Å². The van der Waals surface area contributed by atoms with Gasteiger partial charge in [0.05, 0.1) is 5.56 Å². The van der Waals surface area contributed by atoms with Crippen LogP contribution in [0.15, 0.2) is 54.6 Å². The van der Waals surface area contributed by atoms with Gasteiger partial charge in [-0.2, -0.15) is 0 Å². The van der Waals surface area contributed by atoms with Gasteiger partial charge < -0.3 is 15.3 Å². The Morgan fingerprint density at radius 1 is 1.00 bits per heavy atom. The number of hydrogen-bond donors (Lipinski definition) is 2. The number of rotatable bonds is 5. The molecule has 0 bridgehead atoms. The molecule has 0 unspecified atom stereocenters. The zero-order valence-electron chi connectivity index (χ0n) is 14.7. The maximum absolute atomic E-state index is 12.4. The zero-order valence-corrected chi connectivity index (χ0v) is 14.7. The Kier molecular flexibility index (Phi) is 5.89. The van der Waals surface area contributed by atoms with Gasteiger partial charge in [0.1, 0.15) is 5.75 Å². The van der Waals surface area contributed by atoms with Gasteiger partial charge in [-0.3, -0.25) is 9.59 Å². The largest absolute Gasteiger partial charge is 0.507 e. The molecule has 1 aliphatic heterocycles. The number of aromatic hydroxyl groups is 1. The summed E-state index contributed by atoms with van der Waals surface area (Å²) in [7, 11) is 0.